The molecule has 1 aliphatic rings. The van der Waals surface area contributed by atoms with E-state index in [1.54, 1.807) is 18.5 Å². The Balaban J connectivity index is 1.73. The third-order valence-corrected chi connectivity index (χ3v) is 4.00. The summed E-state index contributed by atoms with van der Waals surface area (Å²) in [5.74, 6) is 1.75. The Kier molecular flexibility index (Phi) is 4.70. The molecule has 1 saturated heterocycles. The maximum Gasteiger partial charge on any atom is 0.145 e. The van der Waals surface area contributed by atoms with E-state index in [4.69, 9.17) is 22.1 Å². The van der Waals surface area contributed by atoms with Crippen LogP contribution in [0.3, 0.4) is 0 Å². The number of anilines is 2. The molecule has 116 valence electrons. The van der Waals surface area contributed by atoms with Crippen molar-refractivity contribution in [1.82, 2.24) is 15.0 Å². The fraction of sp³-hybridized carbons (Fsp3) is 0.400. The van der Waals surface area contributed by atoms with Crippen molar-refractivity contribution in [3.8, 4) is 11.3 Å². The number of halogens is 1. The molecule has 0 aromatic carbocycles. The first-order valence-electron chi connectivity index (χ1n) is 7.27. The number of pyridine rings is 1. The first kappa shape index (κ1) is 15.0. The lowest BCUT2D eigenvalue weighted by Gasteiger charge is -2.22. The highest BCUT2D eigenvalue weighted by Gasteiger charge is 2.14. The number of aromatic nitrogens is 3. The Morgan fingerprint density at radius 3 is 2.91 bits per heavy atom. The number of hydrogen-bond acceptors (Lipinski definition) is 6. The molecule has 22 heavy (non-hydrogen) atoms. The quantitative estimate of drug-likeness (QED) is 0.901. The number of nitrogens with one attached hydrogen (secondary N) is 1. The van der Waals surface area contributed by atoms with E-state index in [2.05, 4.69) is 20.3 Å². The van der Waals surface area contributed by atoms with Gasteiger partial charge in [-0.25, -0.2) is 9.97 Å². The predicted molar refractivity (Wildman–Crippen MR) is 86.7 cm³/mol. The lowest BCUT2D eigenvalue weighted by molar-refractivity contribution is 0.0699. The fourth-order valence-corrected chi connectivity index (χ4v) is 2.63. The van der Waals surface area contributed by atoms with Crippen LogP contribution in [0, 0.1) is 5.92 Å². The summed E-state index contributed by atoms with van der Waals surface area (Å²) >= 11 is 6.16. The summed E-state index contributed by atoms with van der Waals surface area (Å²) in [5, 5.41) is 3.84. The van der Waals surface area contributed by atoms with Gasteiger partial charge in [-0.1, -0.05) is 11.6 Å². The van der Waals surface area contributed by atoms with E-state index >= 15 is 0 Å². The largest absolute Gasteiger partial charge is 0.384 e. The molecule has 0 bridgehead atoms. The van der Waals surface area contributed by atoms with E-state index in [9.17, 15) is 0 Å². The minimum Gasteiger partial charge on any atom is -0.384 e. The summed E-state index contributed by atoms with van der Waals surface area (Å²) in [6, 6.07) is 1.70. The molecule has 3 heterocycles. The van der Waals surface area contributed by atoms with Crippen molar-refractivity contribution in [3.05, 3.63) is 29.7 Å². The molecule has 0 saturated carbocycles. The number of nitrogens with zero attached hydrogens (tertiary/aromatic N) is 3. The van der Waals surface area contributed by atoms with Crippen molar-refractivity contribution in [2.45, 2.75) is 12.8 Å². The van der Waals surface area contributed by atoms with Crippen molar-refractivity contribution >= 4 is 23.2 Å². The van der Waals surface area contributed by atoms with Gasteiger partial charge in [-0.2, -0.15) is 0 Å². The van der Waals surface area contributed by atoms with Gasteiger partial charge in [0.15, 0.2) is 0 Å². The van der Waals surface area contributed by atoms with Gasteiger partial charge in [-0.05, 0) is 24.8 Å². The Hall–Kier alpha value is -1.92. The Bertz CT molecular complexity index is 646. The summed E-state index contributed by atoms with van der Waals surface area (Å²) in [4.78, 5) is 12.7. The lowest BCUT2D eigenvalue weighted by atomic mass is 10.0. The van der Waals surface area contributed by atoms with Gasteiger partial charge in [0.2, 0.25) is 0 Å². The van der Waals surface area contributed by atoms with Crippen LogP contribution in [0.25, 0.3) is 11.3 Å². The highest BCUT2D eigenvalue weighted by Crippen LogP contribution is 2.27. The third-order valence-electron chi connectivity index (χ3n) is 3.70. The minimum absolute atomic E-state index is 0.404. The molecular formula is C15H18ClN5O. The monoisotopic (exact) mass is 319 g/mol. The van der Waals surface area contributed by atoms with E-state index < -0.39 is 0 Å². The highest BCUT2D eigenvalue weighted by atomic mass is 35.5. The zero-order chi connectivity index (χ0) is 15.4. The van der Waals surface area contributed by atoms with Crippen molar-refractivity contribution < 1.29 is 4.74 Å². The molecule has 6 nitrogen and oxygen atoms in total. The van der Waals surface area contributed by atoms with Crippen LogP contribution in [0.2, 0.25) is 5.02 Å². The third kappa shape index (κ3) is 3.64. The molecule has 3 rings (SSSR count). The van der Waals surface area contributed by atoms with Crippen molar-refractivity contribution in [2.24, 2.45) is 5.92 Å². The molecule has 0 unspecified atom stereocenters. The van der Waals surface area contributed by atoms with Gasteiger partial charge in [-0.15, -0.1) is 0 Å². The standard InChI is InChI=1S/C15H18ClN5O/c16-12-7-19-14(17)5-11(12)13-8-18-9-15(21-13)20-6-10-1-3-22-4-2-10/h5,7-10H,1-4,6H2,(H2,17,19)(H,20,21). The van der Waals surface area contributed by atoms with Crippen LogP contribution < -0.4 is 11.1 Å². The van der Waals surface area contributed by atoms with Gasteiger partial charge in [0, 0.05) is 31.5 Å². The van der Waals surface area contributed by atoms with Gasteiger partial charge in [0.1, 0.15) is 11.6 Å². The fourth-order valence-electron chi connectivity index (χ4n) is 2.43. The topological polar surface area (TPSA) is 86.0 Å². The van der Waals surface area contributed by atoms with E-state index in [-0.39, 0.29) is 0 Å². The maximum atomic E-state index is 6.16. The van der Waals surface area contributed by atoms with E-state index in [1.165, 1.54) is 6.20 Å². The summed E-state index contributed by atoms with van der Waals surface area (Å²) in [6.07, 6.45) is 7.05. The molecule has 2 aromatic heterocycles. The molecule has 3 N–H and O–H groups in total. The average molecular weight is 320 g/mol. The molecule has 0 aliphatic carbocycles. The predicted octanol–water partition coefficient (Wildman–Crippen LogP) is 2.61. The molecular weight excluding hydrogens is 302 g/mol. The second kappa shape index (κ2) is 6.89. The SMILES string of the molecule is Nc1cc(-c2cncc(NCC3CCOCC3)n2)c(Cl)cn1. The van der Waals surface area contributed by atoms with Crippen LogP contribution in [-0.4, -0.2) is 34.7 Å². The first-order valence-corrected chi connectivity index (χ1v) is 7.65. The number of hydrogen-bond donors (Lipinski definition) is 2. The Morgan fingerprint density at radius 2 is 2.09 bits per heavy atom. The second-order valence-corrected chi connectivity index (χ2v) is 5.72. The normalized spacial score (nSPS) is 15.7. The van der Waals surface area contributed by atoms with E-state index in [0.29, 0.717) is 22.5 Å². The number of ether oxygens (including phenoxy) is 1. The summed E-state index contributed by atoms with van der Waals surface area (Å²) in [5.41, 5.74) is 7.12. The molecule has 2 aromatic rings. The molecule has 0 amide bonds. The van der Waals surface area contributed by atoms with Crippen LogP contribution in [0.4, 0.5) is 11.6 Å². The first-order chi connectivity index (χ1) is 10.7. The average Bonchev–Trinajstić information content (AvgIpc) is 2.56. The summed E-state index contributed by atoms with van der Waals surface area (Å²) < 4.78 is 5.36. The highest BCUT2D eigenvalue weighted by molar-refractivity contribution is 6.33. The molecule has 0 radical (unpaired) electrons. The Labute approximate surface area is 134 Å². The van der Waals surface area contributed by atoms with Crippen molar-refractivity contribution in [1.29, 1.82) is 0 Å². The van der Waals surface area contributed by atoms with Crippen LogP contribution in [0.5, 0.6) is 0 Å². The van der Waals surface area contributed by atoms with Gasteiger partial charge in [0.25, 0.3) is 0 Å². The summed E-state index contributed by atoms with van der Waals surface area (Å²) in [7, 11) is 0. The number of nitrogens with two attached hydrogens (primary N) is 1. The van der Waals surface area contributed by atoms with Crippen LogP contribution in [0.1, 0.15) is 12.8 Å². The molecule has 0 spiro atoms. The molecule has 7 heteroatoms. The number of nitrogen functional groups attached to an aromatic ring is 1. The number of rotatable bonds is 4. The molecule has 1 aliphatic heterocycles. The van der Waals surface area contributed by atoms with Crippen LogP contribution >= 0.6 is 11.6 Å². The molecule has 0 atom stereocenters. The minimum atomic E-state index is 0.404. The van der Waals surface area contributed by atoms with Crippen molar-refractivity contribution in [3.63, 3.8) is 0 Å². The maximum absolute atomic E-state index is 6.16. The Morgan fingerprint density at radius 1 is 1.27 bits per heavy atom. The van der Waals surface area contributed by atoms with E-state index in [1.807, 2.05) is 0 Å². The smallest absolute Gasteiger partial charge is 0.145 e. The van der Waals surface area contributed by atoms with Gasteiger partial charge < -0.3 is 15.8 Å². The van der Waals surface area contributed by atoms with Crippen molar-refractivity contribution in [2.75, 3.05) is 30.8 Å². The zero-order valence-electron chi connectivity index (χ0n) is 12.1. The zero-order valence-corrected chi connectivity index (χ0v) is 12.9. The molecule has 1 fully saturated rings. The van der Waals surface area contributed by atoms with Gasteiger partial charge in [0.05, 0.1) is 23.1 Å². The van der Waals surface area contributed by atoms with Crippen LogP contribution in [-0.2, 0) is 4.74 Å². The second-order valence-electron chi connectivity index (χ2n) is 5.32. The van der Waals surface area contributed by atoms with Gasteiger partial charge in [-0.3, -0.25) is 4.98 Å². The van der Waals surface area contributed by atoms with Crippen LogP contribution in [0.15, 0.2) is 24.7 Å². The lowest BCUT2D eigenvalue weighted by Crippen LogP contribution is -2.23. The van der Waals surface area contributed by atoms with Gasteiger partial charge >= 0.3 is 0 Å². The summed E-state index contributed by atoms with van der Waals surface area (Å²) in [6.45, 7) is 2.54. The van der Waals surface area contributed by atoms with E-state index in [0.717, 1.165) is 44.0 Å².